The second kappa shape index (κ2) is 8.25. The zero-order valence-corrected chi connectivity index (χ0v) is 24.9. The molecule has 4 aliphatic carbocycles. The number of rotatable bonds is 5. The fourth-order valence-corrected chi connectivity index (χ4v) is 10.1. The number of aliphatic hydroxyl groups is 1. The molecular weight excluding hydrogens is 480 g/mol. The van der Waals surface area contributed by atoms with Crippen LogP contribution in [0.25, 0.3) is 0 Å². The molecule has 1 heterocycles. The monoisotopic (exact) mass is 528 g/mol. The van der Waals surface area contributed by atoms with Gasteiger partial charge in [-0.1, -0.05) is 41.5 Å². The molecule has 5 rings (SSSR count). The normalized spacial score (nSPS) is 46.3. The molecule has 0 aromatic carbocycles. The van der Waals surface area contributed by atoms with Crippen molar-refractivity contribution in [3.8, 4) is 0 Å². The number of hydrogen-bond acceptors (Lipinski definition) is 6. The number of carbonyl (C=O) groups is 3. The number of carbonyl (C=O) groups excluding carboxylic acids is 3. The van der Waals surface area contributed by atoms with E-state index < -0.39 is 17.1 Å². The Morgan fingerprint density at radius 2 is 1.71 bits per heavy atom. The molecule has 0 unspecified atom stereocenters. The van der Waals surface area contributed by atoms with Crippen molar-refractivity contribution in [1.29, 1.82) is 0 Å². The summed E-state index contributed by atoms with van der Waals surface area (Å²) in [5.41, 5.74) is -1.90. The Kier molecular flexibility index (Phi) is 6.08. The predicted octanol–water partition coefficient (Wildman–Crippen LogP) is 5.59. The molecule has 0 amide bonds. The minimum atomic E-state index is -1.14. The molecule has 1 saturated heterocycles. The lowest BCUT2D eigenvalue weighted by molar-refractivity contribution is -0.180. The standard InChI is InChI=1S/C32H48O6/c1-18(16-21(37-19(2)33)26-28(5,6)38-26)32(36)15-14-30(8)23(32)17-20(34)25-29(7)12-11-24(35)27(3,4)22(29)10-13-31(25,30)9/h17-18,21-22,25-26,36H,10-16H2,1-9H3/t18-,21+,22+,25+,26-,29+,30+,31+,32+/m1/s1. The maximum atomic E-state index is 14.2. The molecule has 0 aromatic heterocycles. The molecule has 38 heavy (non-hydrogen) atoms. The highest BCUT2D eigenvalue weighted by molar-refractivity contribution is 5.96. The van der Waals surface area contributed by atoms with E-state index in [1.165, 1.54) is 6.92 Å². The lowest BCUT2D eigenvalue weighted by Crippen LogP contribution is -2.64. The SMILES string of the molecule is CC(=O)O[C@@H](C[C@@H](C)[C@@]1(O)CC[C@@]2(C)C1=CC(=O)[C@H]1[C@@]3(C)CCC(=O)C(C)(C)[C@@H]3CC[C@@]12C)[C@H]1OC1(C)C. The summed E-state index contributed by atoms with van der Waals surface area (Å²) in [6.07, 6.45) is 6.12. The van der Waals surface area contributed by atoms with Gasteiger partial charge in [0.15, 0.2) is 5.78 Å². The summed E-state index contributed by atoms with van der Waals surface area (Å²) in [5, 5.41) is 12.3. The van der Waals surface area contributed by atoms with Gasteiger partial charge in [0.05, 0.1) is 11.2 Å². The third-order valence-electron chi connectivity index (χ3n) is 12.5. The van der Waals surface area contributed by atoms with Crippen molar-refractivity contribution in [2.24, 2.45) is 39.4 Å². The van der Waals surface area contributed by atoms with E-state index in [2.05, 4.69) is 34.6 Å². The average Bonchev–Trinajstić information content (AvgIpc) is 3.35. The first kappa shape index (κ1) is 28.0. The van der Waals surface area contributed by atoms with Crippen molar-refractivity contribution in [2.45, 2.75) is 131 Å². The first-order valence-electron chi connectivity index (χ1n) is 14.7. The summed E-state index contributed by atoms with van der Waals surface area (Å²) in [7, 11) is 0. The molecule has 0 radical (unpaired) electrons. The highest BCUT2D eigenvalue weighted by Gasteiger charge is 2.71. The highest BCUT2D eigenvalue weighted by Crippen LogP contribution is 2.74. The van der Waals surface area contributed by atoms with Gasteiger partial charge in [-0.2, -0.15) is 0 Å². The summed E-state index contributed by atoms with van der Waals surface area (Å²) in [6.45, 7) is 18.4. The van der Waals surface area contributed by atoms with Gasteiger partial charge < -0.3 is 14.6 Å². The first-order chi connectivity index (χ1) is 17.3. The topological polar surface area (TPSA) is 93.2 Å². The van der Waals surface area contributed by atoms with Crippen molar-refractivity contribution >= 4 is 17.5 Å². The third kappa shape index (κ3) is 3.61. The summed E-state index contributed by atoms with van der Waals surface area (Å²) in [5.74, 6) is -0.106. The lowest BCUT2D eigenvalue weighted by atomic mass is 9.36. The molecule has 6 nitrogen and oxygen atoms in total. The quantitative estimate of drug-likeness (QED) is 0.369. The Morgan fingerprint density at radius 1 is 1.08 bits per heavy atom. The Hall–Kier alpha value is -1.53. The van der Waals surface area contributed by atoms with E-state index in [4.69, 9.17) is 9.47 Å². The van der Waals surface area contributed by atoms with Crippen LogP contribution in [-0.4, -0.2) is 46.1 Å². The predicted molar refractivity (Wildman–Crippen MR) is 144 cm³/mol. The number of ether oxygens (including phenoxy) is 2. The van der Waals surface area contributed by atoms with Gasteiger partial charge in [-0.3, -0.25) is 14.4 Å². The van der Waals surface area contributed by atoms with E-state index in [9.17, 15) is 19.5 Å². The molecule has 212 valence electrons. The van der Waals surface area contributed by atoms with Gasteiger partial charge in [-0.05, 0) is 92.1 Å². The average molecular weight is 529 g/mol. The van der Waals surface area contributed by atoms with Gasteiger partial charge in [-0.25, -0.2) is 0 Å². The zero-order valence-electron chi connectivity index (χ0n) is 24.9. The fraction of sp³-hybridized carbons (Fsp3) is 0.844. The minimum absolute atomic E-state index is 0.119. The summed E-state index contributed by atoms with van der Waals surface area (Å²) >= 11 is 0. The van der Waals surface area contributed by atoms with Crippen molar-refractivity contribution in [1.82, 2.24) is 0 Å². The van der Waals surface area contributed by atoms with Crippen molar-refractivity contribution in [3.05, 3.63) is 11.6 Å². The molecular formula is C32H48O6. The van der Waals surface area contributed by atoms with Crippen LogP contribution < -0.4 is 0 Å². The van der Waals surface area contributed by atoms with Crippen LogP contribution in [0.1, 0.15) is 107 Å². The number of ketones is 2. The maximum absolute atomic E-state index is 14.2. The van der Waals surface area contributed by atoms with Crippen LogP contribution in [0.5, 0.6) is 0 Å². The van der Waals surface area contributed by atoms with E-state index in [-0.39, 0.29) is 57.5 Å². The number of allylic oxidation sites excluding steroid dienone is 1. The fourth-order valence-electron chi connectivity index (χ4n) is 10.1. The third-order valence-corrected chi connectivity index (χ3v) is 12.5. The van der Waals surface area contributed by atoms with E-state index >= 15 is 0 Å². The molecule has 4 fully saturated rings. The van der Waals surface area contributed by atoms with Crippen molar-refractivity contribution in [3.63, 3.8) is 0 Å². The van der Waals surface area contributed by atoms with Gasteiger partial charge in [0.25, 0.3) is 0 Å². The largest absolute Gasteiger partial charge is 0.460 e. The number of epoxide rings is 1. The second-order valence-corrected chi connectivity index (χ2v) is 15.2. The van der Waals surface area contributed by atoms with E-state index in [0.717, 1.165) is 31.3 Å². The molecule has 0 spiro atoms. The summed E-state index contributed by atoms with van der Waals surface area (Å²) in [6, 6.07) is 0. The molecule has 3 saturated carbocycles. The van der Waals surface area contributed by atoms with Crippen molar-refractivity contribution in [2.75, 3.05) is 0 Å². The van der Waals surface area contributed by atoms with Crippen LogP contribution in [-0.2, 0) is 23.9 Å². The minimum Gasteiger partial charge on any atom is -0.460 e. The maximum Gasteiger partial charge on any atom is 0.302 e. The molecule has 6 heteroatoms. The van der Waals surface area contributed by atoms with E-state index in [0.29, 0.717) is 25.0 Å². The van der Waals surface area contributed by atoms with Gasteiger partial charge in [0.2, 0.25) is 0 Å². The Balaban J connectivity index is 1.50. The molecule has 1 N–H and O–H groups in total. The van der Waals surface area contributed by atoms with Crippen LogP contribution in [0.2, 0.25) is 0 Å². The number of hydrogen-bond donors (Lipinski definition) is 1. The van der Waals surface area contributed by atoms with Crippen LogP contribution >= 0.6 is 0 Å². The van der Waals surface area contributed by atoms with Crippen LogP contribution in [0.3, 0.4) is 0 Å². The smallest absolute Gasteiger partial charge is 0.302 e. The molecule has 0 aromatic rings. The molecule has 0 bridgehead atoms. The summed E-state index contributed by atoms with van der Waals surface area (Å²) in [4.78, 5) is 39.0. The Bertz CT molecular complexity index is 1100. The van der Waals surface area contributed by atoms with Gasteiger partial charge >= 0.3 is 5.97 Å². The highest BCUT2D eigenvalue weighted by atomic mass is 16.6. The molecule has 5 aliphatic rings. The van der Waals surface area contributed by atoms with Gasteiger partial charge in [0, 0.05) is 24.7 Å². The van der Waals surface area contributed by atoms with Crippen LogP contribution in [0.15, 0.2) is 11.6 Å². The lowest BCUT2D eigenvalue weighted by Gasteiger charge is -2.66. The summed E-state index contributed by atoms with van der Waals surface area (Å²) < 4.78 is 11.5. The van der Waals surface area contributed by atoms with Crippen LogP contribution in [0, 0.1) is 39.4 Å². The second-order valence-electron chi connectivity index (χ2n) is 15.2. The van der Waals surface area contributed by atoms with Gasteiger partial charge in [0.1, 0.15) is 18.0 Å². The first-order valence-corrected chi connectivity index (χ1v) is 14.7. The zero-order chi connectivity index (χ0) is 28.3. The van der Waals surface area contributed by atoms with Gasteiger partial charge in [-0.15, -0.1) is 0 Å². The number of Topliss-reactive ketones (excluding diaryl/α,β-unsaturated/α-hetero) is 1. The van der Waals surface area contributed by atoms with Crippen LogP contribution in [0.4, 0.5) is 0 Å². The Labute approximate surface area is 228 Å². The molecule has 1 aliphatic heterocycles. The Morgan fingerprint density at radius 3 is 2.29 bits per heavy atom. The number of fused-ring (bicyclic) bond motifs is 5. The van der Waals surface area contributed by atoms with Crippen molar-refractivity contribution < 1.29 is 29.0 Å². The number of esters is 1. The van der Waals surface area contributed by atoms with E-state index in [1.54, 1.807) is 6.08 Å². The molecule has 9 atom stereocenters. The van der Waals surface area contributed by atoms with E-state index in [1.807, 2.05) is 20.8 Å².